The molecule has 0 atom stereocenters. The zero-order chi connectivity index (χ0) is 24.1. The molecule has 0 saturated carbocycles. The quantitative estimate of drug-likeness (QED) is 0.293. The van der Waals surface area contributed by atoms with Crippen molar-refractivity contribution in [3.8, 4) is 11.5 Å². The molecular weight excluding hydrogens is 470 g/mol. The standard InChI is InChI=1S/C24H25N5O3S2/c1-4-16-10-25-22(26-11-16)29(12-18-14-32-20(27-18)17-8-6-5-7-9-17)13-19-15-33-23(28-19)34-24(2,3)21(30)31/h5-11,14-15H,4,12-13H2,1-3H3,(H,30,31). The van der Waals surface area contributed by atoms with Gasteiger partial charge in [-0.1, -0.05) is 36.9 Å². The van der Waals surface area contributed by atoms with Crippen molar-refractivity contribution in [2.75, 3.05) is 4.90 Å². The van der Waals surface area contributed by atoms with Gasteiger partial charge in [0.2, 0.25) is 11.8 Å². The van der Waals surface area contributed by atoms with Gasteiger partial charge in [-0.15, -0.1) is 11.3 Å². The average Bonchev–Trinajstić information content (AvgIpc) is 3.48. The van der Waals surface area contributed by atoms with Crippen LogP contribution < -0.4 is 4.90 Å². The second kappa shape index (κ2) is 10.4. The van der Waals surface area contributed by atoms with E-state index in [9.17, 15) is 9.90 Å². The fourth-order valence-corrected chi connectivity index (χ4v) is 5.23. The zero-order valence-electron chi connectivity index (χ0n) is 19.1. The van der Waals surface area contributed by atoms with Crippen LogP contribution in [0.15, 0.2) is 63.1 Å². The van der Waals surface area contributed by atoms with Crippen molar-refractivity contribution in [3.05, 3.63) is 71.3 Å². The van der Waals surface area contributed by atoms with Gasteiger partial charge in [0.25, 0.3) is 0 Å². The minimum atomic E-state index is -0.956. The minimum absolute atomic E-state index is 0.433. The number of hydrogen-bond donors (Lipinski definition) is 1. The first-order valence-electron chi connectivity index (χ1n) is 10.8. The smallest absolute Gasteiger partial charge is 0.319 e. The molecule has 4 aromatic rings. The molecular formula is C24H25N5O3S2. The number of carboxylic acid groups (broad SMARTS) is 1. The molecule has 0 amide bonds. The Bertz CT molecular complexity index is 1240. The number of hydrogen-bond acceptors (Lipinski definition) is 9. The summed E-state index contributed by atoms with van der Waals surface area (Å²) in [7, 11) is 0. The number of nitrogens with zero attached hydrogens (tertiary/aromatic N) is 5. The summed E-state index contributed by atoms with van der Waals surface area (Å²) in [6, 6.07) is 9.74. The highest BCUT2D eigenvalue weighted by molar-refractivity contribution is 8.03. The zero-order valence-corrected chi connectivity index (χ0v) is 20.8. The fourth-order valence-electron chi connectivity index (χ4n) is 3.04. The summed E-state index contributed by atoms with van der Waals surface area (Å²) < 4.78 is 5.45. The van der Waals surface area contributed by atoms with Crippen LogP contribution in [0.4, 0.5) is 5.95 Å². The van der Waals surface area contributed by atoms with Crippen LogP contribution in [0.2, 0.25) is 0 Å². The van der Waals surface area contributed by atoms with Gasteiger partial charge < -0.3 is 14.4 Å². The van der Waals surface area contributed by atoms with Crippen LogP contribution in [0.25, 0.3) is 11.5 Å². The van der Waals surface area contributed by atoms with E-state index in [0.717, 1.165) is 28.9 Å². The Morgan fingerprint density at radius 1 is 1.12 bits per heavy atom. The van der Waals surface area contributed by atoms with Crippen LogP contribution in [-0.4, -0.2) is 35.8 Å². The van der Waals surface area contributed by atoms with Crippen LogP contribution in [0.1, 0.15) is 37.7 Å². The lowest BCUT2D eigenvalue weighted by molar-refractivity contribution is -0.138. The van der Waals surface area contributed by atoms with Gasteiger partial charge in [0.1, 0.15) is 11.0 Å². The van der Waals surface area contributed by atoms with Crippen LogP contribution >= 0.6 is 23.1 Å². The van der Waals surface area contributed by atoms with Crippen LogP contribution in [0.5, 0.6) is 0 Å². The molecule has 0 aliphatic carbocycles. The number of oxazole rings is 1. The number of carboxylic acids is 1. The summed E-state index contributed by atoms with van der Waals surface area (Å²) in [5, 5.41) is 11.3. The number of carbonyl (C=O) groups is 1. The number of rotatable bonds is 10. The maximum absolute atomic E-state index is 11.5. The number of thioether (sulfide) groups is 1. The first kappa shape index (κ1) is 23.9. The molecule has 0 unspecified atom stereocenters. The van der Waals surface area contributed by atoms with Crippen LogP contribution in [0.3, 0.4) is 0 Å². The van der Waals surface area contributed by atoms with Gasteiger partial charge in [0.15, 0.2) is 4.34 Å². The second-order valence-electron chi connectivity index (χ2n) is 8.13. The molecule has 8 nitrogen and oxygen atoms in total. The number of aromatic nitrogens is 4. The van der Waals surface area contributed by atoms with E-state index in [2.05, 4.69) is 26.9 Å². The van der Waals surface area contributed by atoms with E-state index >= 15 is 0 Å². The van der Waals surface area contributed by atoms with E-state index in [1.807, 2.05) is 53.0 Å². The number of aryl methyl sites for hydroxylation is 1. The Morgan fingerprint density at radius 3 is 2.50 bits per heavy atom. The third-order valence-corrected chi connectivity index (χ3v) is 7.22. The normalized spacial score (nSPS) is 11.5. The molecule has 3 aromatic heterocycles. The molecule has 0 saturated heterocycles. The fraction of sp³-hybridized carbons (Fsp3) is 0.292. The van der Waals surface area contributed by atoms with Gasteiger partial charge in [0, 0.05) is 23.3 Å². The Balaban J connectivity index is 1.56. The summed E-state index contributed by atoms with van der Waals surface area (Å²) >= 11 is 2.67. The second-order valence-corrected chi connectivity index (χ2v) is 10.9. The first-order valence-corrected chi connectivity index (χ1v) is 12.5. The Hall–Kier alpha value is -3.24. The monoisotopic (exact) mass is 495 g/mol. The Kier molecular flexibility index (Phi) is 7.28. The predicted octanol–water partition coefficient (Wildman–Crippen LogP) is 5.31. The van der Waals surface area contributed by atoms with Crippen LogP contribution in [0, 0.1) is 0 Å². The van der Waals surface area contributed by atoms with Crippen molar-refractivity contribution < 1.29 is 14.3 Å². The third kappa shape index (κ3) is 5.81. The summed E-state index contributed by atoms with van der Waals surface area (Å²) in [6.45, 7) is 6.28. The van der Waals surface area contributed by atoms with Gasteiger partial charge in [-0.05, 0) is 38.0 Å². The van der Waals surface area contributed by atoms with Crippen molar-refractivity contribution in [2.24, 2.45) is 0 Å². The number of aliphatic carboxylic acids is 1. The average molecular weight is 496 g/mol. The number of benzene rings is 1. The Morgan fingerprint density at radius 2 is 1.82 bits per heavy atom. The van der Waals surface area contributed by atoms with Gasteiger partial charge in [-0.2, -0.15) is 0 Å². The predicted molar refractivity (Wildman–Crippen MR) is 133 cm³/mol. The number of anilines is 1. The van der Waals surface area contributed by atoms with Gasteiger partial charge in [-0.3, -0.25) is 4.79 Å². The largest absolute Gasteiger partial charge is 0.480 e. The van der Waals surface area contributed by atoms with Gasteiger partial charge >= 0.3 is 5.97 Å². The third-order valence-electron chi connectivity index (χ3n) is 5.05. The molecule has 1 aromatic carbocycles. The molecule has 0 bridgehead atoms. The molecule has 176 valence electrons. The van der Waals surface area contributed by atoms with E-state index < -0.39 is 10.7 Å². The molecule has 0 spiro atoms. The molecule has 0 fully saturated rings. The molecule has 1 N–H and O–H groups in total. The highest BCUT2D eigenvalue weighted by Gasteiger charge is 2.30. The number of thiazole rings is 1. The molecule has 3 heterocycles. The molecule has 4 rings (SSSR count). The first-order chi connectivity index (χ1) is 16.3. The van der Waals surface area contributed by atoms with Crippen molar-refractivity contribution >= 4 is 35.0 Å². The summed E-state index contributed by atoms with van der Waals surface area (Å²) in [5.74, 6) is 0.246. The van der Waals surface area contributed by atoms with Crippen molar-refractivity contribution in [1.29, 1.82) is 0 Å². The Labute approximate surface area is 206 Å². The van der Waals surface area contributed by atoms with Gasteiger partial charge in [0.05, 0.1) is 24.5 Å². The maximum Gasteiger partial charge on any atom is 0.319 e. The van der Waals surface area contributed by atoms with Crippen molar-refractivity contribution in [3.63, 3.8) is 0 Å². The highest BCUT2D eigenvalue weighted by atomic mass is 32.2. The summed E-state index contributed by atoms with van der Waals surface area (Å²) in [5.41, 5.74) is 3.52. The summed E-state index contributed by atoms with van der Waals surface area (Å²) in [4.78, 5) is 31.8. The van der Waals surface area contributed by atoms with E-state index in [-0.39, 0.29) is 0 Å². The van der Waals surface area contributed by atoms with E-state index in [0.29, 0.717) is 29.3 Å². The lowest BCUT2D eigenvalue weighted by Gasteiger charge is -2.20. The molecule has 34 heavy (non-hydrogen) atoms. The topological polar surface area (TPSA) is 105 Å². The van der Waals surface area contributed by atoms with Crippen LogP contribution in [-0.2, 0) is 24.3 Å². The highest BCUT2D eigenvalue weighted by Crippen LogP contribution is 2.35. The molecule has 0 aliphatic heterocycles. The maximum atomic E-state index is 11.5. The van der Waals surface area contributed by atoms with E-state index in [1.165, 1.54) is 23.1 Å². The SMILES string of the molecule is CCc1cnc(N(Cc2coc(-c3ccccc3)n2)Cc2csc(SC(C)(C)C(=O)O)n2)nc1. The van der Waals surface area contributed by atoms with Crippen molar-refractivity contribution in [2.45, 2.75) is 49.4 Å². The van der Waals surface area contributed by atoms with Gasteiger partial charge in [-0.25, -0.2) is 19.9 Å². The molecule has 10 heteroatoms. The van der Waals surface area contributed by atoms with E-state index in [1.54, 1.807) is 20.1 Å². The van der Waals surface area contributed by atoms with E-state index in [4.69, 9.17) is 4.42 Å². The molecule has 0 aliphatic rings. The van der Waals surface area contributed by atoms with Crippen molar-refractivity contribution in [1.82, 2.24) is 19.9 Å². The lowest BCUT2D eigenvalue weighted by atomic mass is 10.2. The lowest BCUT2D eigenvalue weighted by Crippen LogP contribution is -2.27. The summed E-state index contributed by atoms with van der Waals surface area (Å²) in [6.07, 6.45) is 6.15. The molecule has 0 radical (unpaired) electrons. The minimum Gasteiger partial charge on any atom is -0.480 e.